The van der Waals surface area contributed by atoms with E-state index in [1.165, 1.54) is 34.9 Å². The van der Waals surface area contributed by atoms with E-state index >= 15 is 0 Å². The molecular formula is C16H18BrNS. The lowest BCUT2D eigenvalue weighted by Gasteiger charge is -2.28. The van der Waals surface area contributed by atoms with Gasteiger partial charge < -0.3 is 5.32 Å². The summed E-state index contributed by atoms with van der Waals surface area (Å²) in [5.74, 6) is 0. The summed E-state index contributed by atoms with van der Waals surface area (Å²) < 4.78 is 1.19. The number of nitrogens with one attached hydrogen (secondary N) is 1. The van der Waals surface area contributed by atoms with E-state index in [-0.39, 0.29) is 0 Å². The Balaban J connectivity index is 1.78. The molecule has 1 unspecified atom stereocenters. The number of halogens is 1. The quantitative estimate of drug-likeness (QED) is 0.808. The summed E-state index contributed by atoms with van der Waals surface area (Å²) in [6, 6.07) is 11.7. The molecule has 0 amide bonds. The maximum atomic E-state index is 3.79. The Morgan fingerprint density at radius 1 is 1.32 bits per heavy atom. The Labute approximate surface area is 127 Å². The zero-order valence-electron chi connectivity index (χ0n) is 11.0. The average Bonchev–Trinajstić information content (AvgIpc) is 2.88. The van der Waals surface area contributed by atoms with E-state index in [0.717, 1.165) is 0 Å². The number of benzene rings is 1. The fourth-order valence-electron chi connectivity index (χ4n) is 2.88. The van der Waals surface area contributed by atoms with Gasteiger partial charge in [-0.15, -0.1) is 11.3 Å². The third kappa shape index (κ3) is 2.78. The van der Waals surface area contributed by atoms with Crippen LogP contribution in [0, 0.1) is 0 Å². The van der Waals surface area contributed by atoms with Crippen molar-refractivity contribution in [2.75, 3.05) is 0 Å². The number of fused-ring (bicyclic) bond motifs is 1. The molecule has 2 atom stereocenters. The largest absolute Gasteiger partial charge is 0.303 e. The van der Waals surface area contributed by atoms with E-state index in [9.17, 15) is 0 Å². The van der Waals surface area contributed by atoms with Crippen LogP contribution in [-0.2, 0) is 6.42 Å². The standard InChI is InChI=1S/C16H18BrNS/c1-11(12-5-2-3-6-14(12)17)18-15-7-4-8-16-13(15)9-10-19-16/h2-3,5-6,9-11,15,18H,4,7-8H2,1H3/t11-,15?/m1/s1. The zero-order chi connectivity index (χ0) is 13.2. The molecule has 0 radical (unpaired) electrons. The highest BCUT2D eigenvalue weighted by molar-refractivity contribution is 9.10. The molecule has 1 aliphatic carbocycles. The molecule has 0 saturated carbocycles. The van der Waals surface area contributed by atoms with Crippen molar-refractivity contribution in [1.29, 1.82) is 0 Å². The molecule has 2 aromatic rings. The second-order valence-corrected chi connectivity index (χ2v) is 7.01. The maximum absolute atomic E-state index is 3.79. The smallest absolute Gasteiger partial charge is 0.0336 e. The predicted octanol–water partition coefficient (Wildman–Crippen LogP) is 5.24. The lowest BCUT2D eigenvalue weighted by atomic mass is 9.93. The minimum atomic E-state index is 0.367. The first-order valence-electron chi connectivity index (χ1n) is 6.82. The summed E-state index contributed by atoms with van der Waals surface area (Å²) >= 11 is 5.55. The highest BCUT2D eigenvalue weighted by Crippen LogP contribution is 2.35. The molecule has 3 rings (SSSR count). The second kappa shape index (κ2) is 5.78. The van der Waals surface area contributed by atoms with Crippen LogP contribution >= 0.6 is 27.3 Å². The van der Waals surface area contributed by atoms with Gasteiger partial charge in [0.05, 0.1) is 0 Å². The van der Waals surface area contributed by atoms with Crippen LogP contribution in [-0.4, -0.2) is 0 Å². The first kappa shape index (κ1) is 13.3. The Bertz CT molecular complexity index is 563. The van der Waals surface area contributed by atoms with E-state index in [1.807, 2.05) is 11.3 Å². The highest BCUT2D eigenvalue weighted by atomic mass is 79.9. The van der Waals surface area contributed by atoms with Gasteiger partial charge in [0.15, 0.2) is 0 Å². The van der Waals surface area contributed by atoms with Gasteiger partial charge in [-0.05, 0) is 54.8 Å². The molecule has 0 bridgehead atoms. The Kier molecular flexibility index (Phi) is 4.06. The van der Waals surface area contributed by atoms with Gasteiger partial charge in [-0.1, -0.05) is 34.1 Å². The van der Waals surface area contributed by atoms with E-state index in [2.05, 4.69) is 63.9 Å². The van der Waals surface area contributed by atoms with Crippen LogP contribution in [0.5, 0.6) is 0 Å². The molecule has 19 heavy (non-hydrogen) atoms. The summed E-state index contributed by atoms with van der Waals surface area (Å²) in [6.07, 6.45) is 3.81. The minimum Gasteiger partial charge on any atom is -0.303 e. The molecule has 0 saturated heterocycles. The van der Waals surface area contributed by atoms with Crippen LogP contribution in [0.3, 0.4) is 0 Å². The lowest BCUT2D eigenvalue weighted by molar-refractivity contribution is 0.417. The van der Waals surface area contributed by atoms with Crippen molar-refractivity contribution in [3.05, 3.63) is 56.2 Å². The third-order valence-electron chi connectivity index (χ3n) is 3.87. The van der Waals surface area contributed by atoms with Crippen LogP contribution in [0.1, 0.15) is 47.9 Å². The summed E-state index contributed by atoms with van der Waals surface area (Å²) in [4.78, 5) is 1.57. The third-order valence-corrected chi connectivity index (χ3v) is 5.59. The molecule has 0 aliphatic heterocycles. The molecule has 0 fully saturated rings. The van der Waals surface area contributed by atoms with Gasteiger partial charge in [-0.25, -0.2) is 0 Å². The van der Waals surface area contributed by atoms with Crippen molar-refractivity contribution in [3.63, 3.8) is 0 Å². The van der Waals surface area contributed by atoms with Gasteiger partial charge in [0.25, 0.3) is 0 Å². The van der Waals surface area contributed by atoms with Gasteiger partial charge in [-0.3, -0.25) is 0 Å². The van der Waals surface area contributed by atoms with Gasteiger partial charge >= 0.3 is 0 Å². The van der Waals surface area contributed by atoms with Gasteiger partial charge in [0, 0.05) is 21.4 Å². The number of rotatable bonds is 3. The van der Waals surface area contributed by atoms with Gasteiger partial charge in [0.1, 0.15) is 0 Å². The SMILES string of the molecule is C[C@@H](NC1CCCc2sccc21)c1ccccc1Br. The zero-order valence-corrected chi connectivity index (χ0v) is 13.4. The highest BCUT2D eigenvalue weighted by Gasteiger charge is 2.23. The summed E-state index contributed by atoms with van der Waals surface area (Å²) in [5, 5.41) is 6.02. The van der Waals surface area contributed by atoms with Crippen molar-refractivity contribution >= 4 is 27.3 Å². The molecule has 0 spiro atoms. The molecule has 1 N–H and O–H groups in total. The first-order chi connectivity index (χ1) is 9.25. The van der Waals surface area contributed by atoms with E-state index in [1.54, 1.807) is 4.88 Å². The number of hydrogen-bond donors (Lipinski definition) is 1. The van der Waals surface area contributed by atoms with Crippen LogP contribution in [0.2, 0.25) is 0 Å². The molecule has 1 aromatic carbocycles. The molecule has 1 nitrogen and oxygen atoms in total. The Morgan fingerprint density at radius 2 is 2.16 bits per heavy atom. The van der Waals surface area contributed by atoms with Crippen molar-refractivity contribution in [3.8, 4) is 0 Å². The second-order valence-electron chi connectivity index (χ2n) is 5.15. The van der Waals surface area contributed by atoms with E-state index in [0.29, 0.717) is 12.1 Å². The number of thiophene rings is 1. The van der Waals surface area contributed by atoms with Crippen molar-refractivity contribution in [2.24, 2.45) is 0 Å². The Morgan fingerprint density at radius 3 is 3.00 bits per heavy atom. The van der Waals surface area contributed by atoms with Gasteiger partial charge in [0.2, 0.25) is 0 Å². The van der Waals surface area contributed by atoms with E-state index < -0.39 is 0 Å². The van der Waals surface area contributed by atoms with E-state index in [4.69, 9.17) is 0 Å². The van der Waals surface area contributed by atoms with Crippen molar-refractivity contribution < 1.29 is 0 Å². The normalized spacial score (nSPS) is 20.0. The fraction of sp³-hybridized carbons (Fsp3) is 0.375. The maximum Gasteiger partial charge on any atom is 0.0336 e. The molecule has 1 aromatic heterocycles. The van der Waals surface area contributed by atoms with Crippen molar-refractivity contribution in [2.45, 2.75) is 38.3 Å². The first-order valence-corrected chi connectivity index (χ1v) is 8.49. The number of hydrogen-bond acceptors (Lipinski definition) is 2. The fourth-order valence-corrected chi connectivity index (χ4v) is 4.49. The Hall–Kier alpha value is -0.640. The summed E-state index contributed by atoms with van der Waals surface area (Å²) in [7, 11) is 0. The van der Waals surface area contributed by atoms with Crippen LogP contribution < -0.4 is 5.32 Å². The van der Waals surface area contributed by atoms with Crippen LogP contribution in [0.4, 0.5) is 0 Å². The summed E-state index contributed by atoms with van der Waals surface area (Å²) in [5.41, 5.74) is 2.86. The minimum absolute atomic E-state index is 0.367. The van der Waals surface area contributed by atoms with Crippen LogP contribution in [0.25, 0.3) is 0 Å². The average molecular weight is 336 g/mol. The molecule has 1 heterocycles. The molecule has 3 heteroatoms. The lowest BCUT2D eigenvalue weighted by Crippen LogP contribution is -2.27. The number of aryl methyl sites for hydroxylation is 1. The monoisotopic (exact) mass is 335 g/mol. The van der Waals surface area contributed by atoms with Gasteiger partial charge in [-0.2, -0.15) is 0 Å². The summed E-state index contributed by atoms with van der Waals surface area (Å²) in [6.45, 7) is 2.25. The topological polar surface area (TPSA) is 12.0 Å². The molecule has 1 aliphatic rings. The van der Waals surface area contributed by atoms with Crippen molar-refractivity contribution in [1.82, 2.24) is 5.32 Å². The molecular weight excluding hydrogens is 318 g/mol. The molecule has 100 valence electrons. The predicted molar refractivity (Wildman–Crippen MR) is 85.7 cm³/mol. The van der Waals surface area contributed by atoms with Crippen LogP contribution in [0.15, 0.2) is 40.2 Å².